The second-order valence-electron chi connectivity index (χ2n) is 6.36. The van der Waals surface area contributed by atoms with E-state index in [1.165, 1.54) is 11.8 Å². The molecule has 0 fully saturated rings. The molecule has 6 heteroatoms. The highest BCUT2D eigenvalue weighted by Crippen LogP contribution is 2.36. The van der Waals surface area contributed by atoms with E-state index in [4.69, 9.17) is 4.74 Å². The Labute approximate surface area is 157 Å². The van der Waals surface area contributed by atoms with Crippen molar-refractivity contribution in [3.63, 3.8) is 0 Å². The molecule has 0 aliphatic carbocycles. The predicted molar refractivity (Wildman–Crippen MR) is 104 cm³/mol. The fourth-order valence-electron chi connectivity index (χ4n) is 2.92. The maximum absolute atomic E-state index is 12.6. The number of carbonyl (C=O) groups excluding carboxylic acids is 2. The third kappa shape index (κ3) is 4.02. The summed E-state index contributed by atoms with van der Waals surface area (Å²) in [6, 6.07) is 13.5. The first-order valence-corrected chi connectivity index (χ1v) is 9.30. The van der Waals surface area contributed by atoms with Crippen molar-refractivity contribution in [1.82, 2.24) is 4.90 Å². The molecule has 0 aromatic heterocycles. The summed E-state index contributed by atoms with van der Waals surface area (Å²) in [5.41, 5.74) is 2.87. The summed E-state index contributed by atoms with van der Waals surface area (Å²) in [6.07, 6.45) is 0.162. The monoisotopic (exact) mass is 370 g/mol. The van der Waals surface area contributed by atoms with Crippen LogP contribution in [0, 0.1) is 6.92 Å². The highest BCUT2D eigenvalue weighted by Gasteiger charge is 2.29. The van der Waals surface area contributed by atoms with Gasteiger partial charge in [-0.25, -0.2) is 0 Å². The van der Waals surface area contributed by atoms with Crippen LogP contribution in [-0.2, 0) is 16.1 Å². The number of benzene rings is 2. The molecule has 1 atom stereocenters. The quantitative estimate of drug-likeness (QED) is 0.876. The molecule has 136 valence electrons. The molecule has 1 N–H and O–H groups in total. The van der Waals surface area contributed by atoms with Crippen LogP contribution in [0.2, 0.25) is 0 Å². The molecule has 0 radical (unpaired) electrons. The Kier molecular flexibility index (Phi) is 5.52. The topological polar surface area (TPSA) is 58.6 Å². The fourth-order valence-corrected chi connectivity index (χ4v) is 4.02. The molecular formula is C20H22N2O3S. The van der Waals surface area contributed by atoms with E-state index in [9.17, 15) is 9.59 Å². The largest absolute Gasteiger partial charge is 0.496 e. The van der Waals surface area contributed by atoms with Gasteiger partial charge in [0.1, 0.15) is 5.75 Å². The molecule has 1 aliphatic heterocycles. The lowest BCUT2D eigenvalue weighted by Crippen LogP contribution is -2.35. The van der Waals surface area contributed by atoms with Crippen LogP contribution < -0.4 is 10.1 Å². The fraction of sp³-hybridized carbons (Fsp3) is 0.300. The zero-order valence-electron chi connectivity index (χ0n) is 15.1. The smallest absolute Gasteiger partial charge is 0.238 e. The van der Waals surface area contributed by atoms with Gasteiger partial charge in [-0.05, 0) is 25.1 Å². The summed E-state index contributed by atoms with van der Waals surface area (Å²) in [5.74, 6) is 0.568. The van der Waals surface area contributed by atoms with E-state index in [2.05, 4.69) is 5.32 Å². The van der Waals surface area contributed by atoms with Crippen molar-refractivity contribution >= 4 is 29.3 Å². The van der Waals surface area contributed by atoms with Crippen LogP contribution >= 0.6 is 11.8 Å². The van der Waals surface area contributed by atoms with Crippen LogP contribution in [0.15, 0.2) is 47.4 Å². The van der Waals surface area contributed by atoms with E-state index in [-0.39, 0.29) is 18.2 Å². The molecule has 1 heterocycles. The van der Waals surface area contributed by atoms with Crippen LogP contribution in [0.25, 0.3) is 0 Å². The molecule has 1 aliphatic rings. The maximum Gasteiger partial charge on any atom is 0.238 e. The number of methoxy groups -OCH3 is 1. The SMILES string of the molecule is COc1ccc(C)cc1CN(C)C(=O)C[C@@H]1Sc2ccccc2NC1=O. The molecule has 2 aromatic carbocycles. The molecule has 5 nitrogen and oxygen atoms in total. The number of nitrogens with one attached hydrogen (secondary N) is 1. The van der Waals surface area contributed by atoms with Crippen molar-refractivity contribution in [2.24, 2.45) is 0 Å². The molecule has 0 spiro atoms. The van der Waals surface area contributed by atoms with Gasteiger partial charge < -0.3 is 15.0 Å². The molecule has 0 unspecified atom stereocenters. The molecule has 3 rings (SSSR count). The Bertz CT molecular complexity index is 838. The second-order valence-corrected chi connectivity index (χ2v) is 7.61. The number of amides is 2. The number of para-hydroxylation sites is 1. The van der Waals surface area contributed by atoms with Crippen molar-refractivity contribution in [3.8, 4) is 5.75 Å². The van der Waals surface area contributed by atoms with E-state index in [0.717, 1.165) is 27.5 Å². The summed E-state index contributed by atoms with van der Waals surface area (Å²) < 4.78 is 5.38. The van der Waals surface area contributed by atoms with E-state index < -0.39 is 5.25 Å². The van der Waals surface area contributed by atoms with Crippen LogP contribution in [0.5, 0.6) is 5.75 Å². The normalized spacial score (nSPS) is 15.8. The number of hydrogen-bond acceptors (Lipinski definition) is 4. The zero-order valence-corrected chi connectivity index (χ0v) is 15.9. The number of thioether (sulfide) groups is 1. The van der Waals surface area contributed by atoms with Gasteiger partial charge in [-0.15, -0.1) is 11.8 Å². The van der Waals surface area contributed by atoms with Crippen molar-refractivity contribution in [2.75, 3.05) is 19.5 Å². The summed E-state index contributed by atoms with van der Waals surface area (Å²) >= 11 is 1.44. The van der Waals surface area contributed by atoms with E-state index >= 15 is 0 Å². The van der Waals surface area contributed by atoms with Gasteiger partial charge in [0.15, 0.2) is 0 Å². The minimum Gasteiger partial charge on any atom is -0.496 e. The Balaban J connectivity index is 1.67. The number of fused-ring (bicyclic) bond motifs is 1. The standard InChI is InChI=1S/C20H22N2O3S/c1-13-8-9-16(25-3)14(10-13)12-22(2)19(23)11-18-20(24)21-15-6-4-5-7-17(15)26-18/h4-10,18H,11-12H2,1-3H3,(H,21,24)/t18-/m0/s1. The molecule has 0 bridgehead atoms. The number of hydrogen-bond donors (Lipinski definition) is 1. The zero-order chi connectivity index (χ0) is 18.7. The van der Waals surface area contributed by atoms with Gasteiger partial charge in [0.2, 0.25) is 11.8 Å². The Morgan fingerprint density at radius 1 is 1.27 bits per heavy atom. The van der Waals surface area contributed by atoms with Gasteiger partial charge in [0.05, 0.1) is 18.0 Å². The minimum atomic E-state index is -0.417. The van der Waals surface area contributed by atoms with Gasteiger partial charge in [0, 0.05) is 30.5 Å². The lowest BCUT2D eigenvalue weighted by molar-refractivity contribution is -0.131. The summed E-state index contributed by atoms with van der Waals surface area (Å²) in [6.45, 7) is 2.45. The maximum atomic E-state index is 12.6. The van der Waals surface area contributed by atoms with Crippen molar-refractivity contribution in [3.05, 3.63) is 53.6 Å². The van der Waals surface area contributed by atoms with Gasteiger partial charge in [-0.1, -0.05) is 29.8 Å². The lowest BCUT2D eigenvalue weighted by Gasteiger charge is -2.26. The number of rotatable bonds is 5. The minimum absolute atomic E-state index is 0.0689. The van der Waals surface area contributed by atoms with Crippen molar-refractivity contribution < 1.29 is 14.3 Å². The summed E-state index contributed by atoms with van der Waals surface area (Å²) in [5, 5.41) is 2.46. The van der Waals surface area contributed by atoms with Gasteiger partial charge in [-0.3, -0.25) is 9.59 Å². The first kappa shape index (κ1) is 18.3. The van der Waals surface area contributed by atoms with E-state index in [0.29, 0.717) is 6.54 Å². The van der Waals surface area contributed by atoms with Crippen molar-refractivity contribution in [2.45, 2.75) is 30.0 Å². The molecule has 26 heavy (non-hydrogen) atoms. The average Bonchev–Trinajstić information content (AvgIpc) is 2.62. The molecule has 2 amide bonds. The Morgan fingerprint density at radius 2 is 2.04 bits per heavy atom. The second kappa shape index (κ2) is 7.83. The molecule has 0 saturated carbocycles. The molecule has 2 aromatic rings. The first-order chi connectivity index (χ1) is 12.5. The van der Waals surface area contributed by atoms with Gasteiger partial charge >= 0.3 is 0 Å². The van der Waals surface area contributed by atoms with Crippen LogP contribution in [-0.4, -0.2) is 36.1 Å². The number of ether oxygens (including phenoxy) is 1. The van der Waals surface area contributed by atoms with E-state index in [1.54, 1.807) is 19.1 Å². The van der Waals surface area contributed by atoms with Gasteiger partial charge in [0.25, 0.3) is 0 Å². The highest BCUT2D eigenvalue weighted by atomic mass is 32.2. The molecular weight excluding hydrogens is 348 g/mol. The van der Waals surface area contributed by atoms with Gasteiger partial charge in [-0.2, -0.15) is 0 Å². The Hall–Kier alpha value is -2.47. The third-order valence-corrected chi connectivity index (χ3v) is 5.61. The van der Waals surface area contributed by atoms with Crippen LogP contribution in [0.1, 0.15) is 17.5 Å². The first-order valence-electron chi connectivity index (χ1n) is 8.42. The highest BCUT2D eigenvalue weighted by molar-refractivity contribution is 8.01. The number of carbonyl (C=O) groups is 2. The molecule has 0 saturated heterocycles. The number of anilines is 1. The summed E-state index contributed by atoms with van der Waals surface area (Å²) in [4.78, 5) is 27.6. The average molecular weight is 370 g/mol. The lowest BCUT2D eigenvalue weighted by atomic mass is 10.1. The summed E-state index contributed by atoms with van der Waals surface area (Å²) in [7, 11) is 3.37. The van der Waals surface area contributed by atoms with Crippen LogP contribution in [0.3, 0.4) is 0 Å². The predicted octanol–water partition coefficient (Wildman–Crippen LogP) is 3.47. The van der Waals surface area contributed by atoms with Crippen molar-refractivity contribution in [1.29, 1.82) is 0 Å². The third-order valence-electron chi connectivity index (χ3n) is 4.34. The van der Waals surface area contributed by atoms with E-state index in [1.807, 2.05) is 49.4 Å². The Morgan fingerprint density at radius 3 is 2.81 bits per heavy atom. The van der Waals surface area contributed by atoms with Crippen LogP contribution in [0.4, 0.5) is 5.69 Å². The number of nitrogens with zero attached hydrogens (tertiary/aromatic N) is 1. The number of aryl methyl sites for hydroxylation is 1.